The molecule has 1 N–H and O–H groups in total. The lowest BCUT2D eigenvalue weighted by molar-refractivity contribution is -0.123. The van der Waals surface area contributed by atoms with Gasteiger partial charge in [-0.2, -0.15) is 5.26 Å². The van der Waals surface area contributed by atoms with Crippen molar-refractivity contribution in [2.75, 3.05) is 39.5 Å². The van der Waals surface area contributed by atoms with E-state index in [2.05, 4.69) is 10.2 Å². The Kier molecular flexibility index (Phi) is 6.47. The van der Waals surface area contributed by atoms with Gasteiger partial charge < -0.3 is 19.2 Å². The van der Waals surface area contributed by atoms with Gasteiger partial charge in [0.1, 0.15) is 17.3 Å². The third-order valence-corrected chi connectivity index (χ3v) is 4.42. The summed E-state index contributed by atoms with van der Waals surface area (Å²) in [4.78, 5) is 14.5. The monoisotopic (exact) mass is 369 g/mol. The largest absolute Gasteiger partial charge is 0.484 e. The lowest BCUT2D eigenvalue weighted by atomic mass is 10.1. The normalized spacial score (nSPS) is 15.7. The van der Waals surface area contributed by atoms with Crippen molar-refractivity contribution in [2.45, 2.75) is 13.0 Å². The van der Waals surface area contributed by atoms with Crippen LogP contribution in [0.4, 0.5) is 0 Å². The fraction of sp³-hybridized carbons (Fsp3) is 0.400. The van der Waals surface area contributed by atoms with Crippen LogP contribution in [-0.4, -0.2) is 50.3 Å². The number of hydrogen-bond acceptors (Lipinski definition) is 6. The number of hydrogen-bond donors (Lipinski definition) is 1. The molecule has 1 aliphatic rings. The highest BCUT2D eigenvalue weighted by atomic mass is 16.5. The molecule has 1 fully saturated rings. The average molecular weight is 369 g/mol. The molecule has 1 saturated heterocycles. The molecular formula is C20H23N3O4. The number of furan rings is 1. The van der Waals surface area contributed by atoms with Crippen molar-refractivity contribution >= 4 is 5.91 Å². The van der Waals surface area contributed by atoms with E-state index in [1.54, 1.807) is 24.3 Å². The summed E-state index contributed by atoms with van der Waals surface area (Å²) in [7, 11) is 0. The molecule has 0 aliphatic carbocycles. The number of nitriles is 1. The summed E-state index contributed by atoms with van der Waals surface area (Å²) in [6.07, 6.45) is 0. The summed E-state index contributed by atoms with van der Waals surface area (Å²) in [5, 5.41) is 11.7. The van der Waals surface area contributed by atoms with Crippen molar-refractivity contribution < 1.29 is 18.7 Å². The quantitative estimate of drug-likeness (QED) is 0.803. The smallest absolute Gasteiger partial charge is 0.258 e. The number of morpholine rings is 1. The maximum Gasteiger partial charge on any atom is 0.258 e. The lowest BCUT2D eigenvalue weighted by Gasteiger charge is -2.33. The first kappa shape index (κ1) is 19.0. The summed E-state index contributed by atoms with van der Waals surface area (Å²) in [6.45, 7) is 5.19. The number of ether oxygens (including phenoxy) is 2. The first-order valence-electron chi connectivity index (χ1n) is 8.93. The molecule has 1 aliphatic heterocycles. The second-order valence-corrected chi connectivity index (χ2v) is 6.34. The number of carbonyl (C=O) groups excluding carboxylic acids is 1. The summed E-state index contributed by atoms with van der Waals surface area (Å²) in [5.74, 6) is 2.03. The first-order chi connectivity index (χ1) is 13.2. The van der Waals surface area contributed by atoms with Crippen molar-refractivity contribution in [3.8, 4) is 11.8 Å². The standard InChI is InChI=1S/C20H23N3O4/c1-15-2-7-19(27-15)18(23-8-10-25-11-9-23)13-22-20(24)14-26-17-5-3-16(12-21)4-6-17/h2-7,18H,8-11,13-14H2,1H3,(H,22,24)/t18-/m0/s1. The zero-order chi connectivity index (χ0) is 19.1. The van der Waals surface area contributed by atoms with Gasteiger partial charge in [-0.1, -0.05) is 0 Å². The van der Waals surface area contributed by atoms with E-state index in [4.69, 9.17) is 19.2 Å². The Morgan fingerprint density at radius 2 is 2.00 bits per heavy atom. The SMILES string of the molecule is Cc1ccc([C@H](CNC(=O)COc2ccc(C#N)cc2)N2CCOCC2)o1. The number of aryl methyl sites for hydroxylation is 1. The summed E-state index contributed by atoms with van der Waals surface area (Å²) >= 11 is 0. The molecule has 3 rings (SSSR count). The Morgan fingerprint density at radius 3 is 2.63 bits per heavy atom. The fourth-order valence-corrected chi connectivity index (χ4v) is 2.97. The maximum absolute atomic E-state index is 12.2. The van der Waals surface area contributed by atoms with E-state index in [0.29, 0.717) is 31.1 Å². The summed E-state index contributed by atoms with van der Waals surface area (Å²) in [6, 6.07) is 12.5. The van der Waals surface area contributed by atoms with Crippen LogP contribution in [0.1, 0.15) is 23.1 Å². The van der Waals surface area contributed by atoms with Crippen molar-refractivity contribution in [2.24, 2.45) is 0 Å². The van der Waals surface area contributed by atoms with Gasteiger partial charge in [0, 0.05) is 19.6 Å². The van der Waals surface area contributed by atoms with Gasteiger partial charge in [-0.3, -0.25) is 9.69 Å². The Bertz CT molecular complexity index is 788. The van der Waals surface area contributed by atoms with Crippen LogP contribution in [0.5, 0.6) is 5.75 Å². The first-order valence-corrected chi connectivity index (χ1v) is 8.93. The summed E-state index contributed by atoms with van der Waals surface area (Å²) < 4.78 is 16.7. The molecule has 0 unspecified atom stereocenters. The van der Waals surface area contributed by atoms with Crippen molar-refractivity contribution in [1.82, 2.24) is 10.2 Å². The van der Waals surface area contributed by atoms with Gasteiger partial charge in [0.25, 0.3) is 5.91 Å². The highest BCUT2D eigenvalue weighted by Gasteiger charge is 2.25. The number of benzene rings is 1. The number of nitrogens with zero attached hydrogens (tertiary/aromatic N) is 2. The van der Waals surface area contributed by atoms with Crippen LogP contribution in [0.2, 0.25) is 0 Å². The number of carbonyl (C=O) groups is 1. The van der Waals surface area contributed by atoms with Gasteiger partial charge in [-0.15, -0.1) is 0 Å². The molecular weight excluding hydrogens is 346 g/mol. The van der Waals surface area contributed by atoms with E-state index in [9.17, 15) is 4.79 Å². The number of amides is 1. The minimum atomic E-state index is -0.208. The molecule has 0 saturated carbocycles. The lowest BCUT2D eigenvalue weighted by Crippen LogP contribution is -2.44. The molecule has 142 valence electrons. The van der Waals surface area contributed by atoms with Crippen LogP contribution in [0.25, 0.3) is 0 Å². The van der Waals surface area contributed by atoms with Crippen molar-refractivity contribution in [3.63, 3.8) is 0 Å². The molecule has 2 aromatic rings. The second kappa shape index (κ2) is 9.21. The second-order valence-electron chi connectivity index (χ2n) is 6.34. The fourth-order valence-electron chi connectivity index (χ4n) is 2.97. The third-order valence-electron chi connectivity index (χ3n) is 4.42. The minimum Gasteiger partial charge on any atom is -0.484 e. The van der Waals surface area contributed by atoms with Crippen molar-refractivity contribution in [1.29, 1.82) is 5.26 Å². The van der Waals surface area contributed by atoms with Gasteiger partial charge in [0.2, 0.25) is 0 Å². The van der Waals surface area contributed by atoms with Gasteiger partial charge >= 0.3 is 0 Å². The predicted octanol–water partition coefficient (Wildman–Crippen LogP) is 2.03. The van der Waals surface area contributed by atoms with Crippen LogP contribution < -0.4 is 10.1 Å². The van der Waals surface area contributed by atoms with Gasteiger partial charge in [0.05, 0.1) is 30.9 Å². The molecule has 1 atom stereocenters. The zero-order valence-electron chi connectivity index (χ0n) is 15.3. The molecule has 0 spiro atoms. The van der Waals surface area contributed by atoms with E-state index in [0.717, 1.165) is 24.6 Å². The van der Waals surface area contributed by atoms with E-state index >= 15 is 0 Å². The van der Waals surface area contributed by atoms with Crippen LogP contribution >= 0.6 is 0 Å². The molecule has 2 heterocycles. The average Bonchev–Trinajstić information content (AvgIpc) is 3.13. The van der Waals surface area contributed by atoms with Gasteiger partial charge in [0.15, 0.2) is 6.61 Å². The minimum absolute atomic E-state index is 0.0403. The van der Waals surface area contributed by atoms with E-state index in [1.807, 2.05) is 25.1 Å². The van der Waals surface area contributed by atoms with E-state index in [-0.39, 0.29) is 18.6 Å². The van der Waals surface area contributed by atoms with Gasteiger partial charge in [-0.05, 0) is 43.3 Å². The van der Waals surface area contributed by atoms with E-state index in [1.165, 1.54) is 0 Å². The van der Waals surface area contributed by atoms with Crippen molar-refractivity contribution in [3.05, 3.63) is 53.5 Å². The molecule has 7 heteroatoms. The molecule has 1 amide bonds. The topological polar surface area (TPSA) is 87.7 Å². The number of rotatable bonds is 7. The molecule has 0 radical (unpaired) electrons. The predicted molar refractivity (Wildman–Crippen MR) is 98.2 cm³/mol. The third kappa shape index (κ3) is 5.33. The van der Waals surface area contributed by atoms with Crippen LogP contribution in [0.3, 0.4) is 0 Å². The van der Waals surface area contributed by atoms with Gasteiger partial charge in [-0.25, -0.2) is 0 Å². The highest BCUT2D eigenvalue weighted by molar-refractivity contribution is 5.77. The van der Waals surface area contributed by atoms with Crippen LogP contribution in [-0.2, 0) is 9.53 Å². The number of nitrogens with one attached hydrogen (secondary N) is 1. The Morgan fingerprint density at radius 1 is 1.26 bits per heavy atom. The Labute approximate surface area is 158 Å². The molecule has 27 heavy (non-hydrogen) atoms. The molecule has 1 aromatic carbocycles. The Hall–Kier alpha value is -2.82. The highest BCUT2D eigenvalue weighted by Crippen LogP contribution is 2.23. The van der Waals surface area contributed by atoms with Crippen LogP contribution in [0.15, 0.2) is 40.8 Å². The zero-order valence-corrected chi connectivity index (χ0v) is 15.3. The Balaban J connectivity index is 1.54. The maximum atomic E-state index is 12.2. The van der Waals surface area contributed by atoms with E-state index < -0.39 is 0 Å². The molecule has 7 nitrogen and oxygen atoms in total. The van der Waals surface area contributed by atoms with Crippen LogP contribution in [0, 0.1) is 18.3 Å². The molecule has 1 aromatic heterocycles. The summed E-state index contributed by atoms with van der Waals surface area (Å²) in [5.41, 5.74) is 0.550. The molecule has 0 bridgehead atoms.